The van der Waals surface area contributed by atoms with E-state index in [2.05, 4.69) is 22.0 Å². The molecule has 0 N–H and O–H groups in total. The van der Waals surface area contributed by atoms with E-state index in [0.29, 0.717) is 18.3 Å². The second-order valence-corrected chi connectivity index (χ2v) is 8.88. The first kappa shape index (κ1) is 20.5. The summed E-state index contributed by atoms with van der Waals surface area (Å²) in [5, 5.41) is 0.304. The van der Waals surface area contributed by atoms with Crippen LogP contribution in [0.25, 0.3) is 0 Å². The normalized spacial score (nSPS) is 17.9. The first-order valence-corrected chi connectivity index (χ1v) is 11.1. The number of hydrogen-bond acceptors (Lipinski definition) is 5. The molecule has 0 radical (unpaired) electrons. The van der Waals surface area contributed by atoms with Crippen LogP contribution >= 0.6 is 11.8 Å². The minimum atomic E-state index is -0.300. The Balaban J connectivity index is 1.36. The number of carbonyl (C=O) groups excluding carboxylic acids is 2. The summed E-state index contributed by atoms with van der Waals surface area (Å²) >= 11 is 1.37. The van der Waals surface area contributed by atoms with Crippen molar-refractivity contribution in [1.82, 2.24) is 4.90 Å². The van der Waals surface area contributed by atoms with E-state index < -0.39 is 0 Å². The van der Waals surface area contributed by atoms with Gasteiger partial charge in [-0.3, -0.25) is 19.5 Å². The Labute approximate surface area is 181 Å². The molecule has 4 rings (SSSR count). The fraction of sp³-hybridized carbons (Fsp3) is 0.348. The Morgan fingerprint density at radius 2 is 1.63 bits per heavy atom. The lowest BCUT2D eigenvalue weighted by Gasteiger charge is -2.37. The summed E-state index contributed by atoms with van der Waals surface area (Å²) in [5.41, 5.74) is 3.12. The topological polar surface area (TPSA) is 56.2 Å². The van der Waals surface area contributed by atoms with Gasteiger partial charge in [0.25, 0.3) is 5.91 Å². The Morgan fingerprint density at radius 1 is 0.967 bits per heavy atom. The average Bonchev–Trinajstić information content (AvgIpc) is 3.14. The molecule has 0 aromatic heterocycles. The van der Waals surface area contributed by atoms with Gasteiger partial charge in [0.2, 0.25) is 5.91 Å². The van der Waals surface area contributed by atoms with E-state index in [1.54, 1.807) is 4.90 Å². The molecule has 1 fully saturated rings. The summed E-state index contributed by atoms with van der Waals surface area (Å²) < 4.78 is 0. The molecule has 0 spiro atoms. The highest BCUT2D eigenvalue weighted by atomic mass is 32.2. The molecule has 30 heavy (non-hydrogen) atoms. The van der Waals surface area contributed by atoms with Gasteiger partial charge in [0.15, 0.2) is 5.17 Å². The molecule has 0 bridgehead atoms. The number of hydrogen-bond donors (Lipinski definition) is 0. The molecule has 2 aromatic carbocycles. The zero-order valence-electron chi connectivity index (χ0n) is 17.3. The molecule has 2 aliphatic rings. The van der Waals surface area contributed by atoms with Gasteiger partial charge in [-0.2, -0.15) is 0 Å². The lowest BCUT2D eigenvalue weighted by Crippen LogP contribution is -2.51. The van der Waals surface area contributed by atoms with Gasteiger partial charge in [-0.25, -0.2) is 0 Å². The van der Waals surface area contributed by atoms with Gasteiger partial charge in [-0.05, 0) is 38.1 Å². The molecule has 0 saturated carbocycles. The summed E-state index contributed by atoms with van der Waals surface area (Å²) in [6.07, 6.45) is 0. The van der Waals surface area contributed by atoms with Crippen LogP contribution in [0.2, 0.25) is 0 Å². The number of nitrogens with zero attached hydrogens (tertiary/aromatic N) is 4. The van der Waals surface area contributed by atoms with Crippen LogP contribution in [0.3, 0.4) is 0 Å². The molecular weight excluding hydrogens is 396 g/mol. The largest absolute Gasteiger partial charge is 0.368 e. The molecule has 2 amide bonds. The molecule has 1 atom stereocenters. The molecule has 6 nitrogen and oxygen atoms in total. The van der Waals surface area contributed by atoms with Crippen LogP contribution in [0.1, 0.15) is 12.5 Å². The van der Waals surface area contributed by atoms with Crippen LogP contribution in [0.15, 0.2) is 59.6 Å². The Bertz CT molecular complexity index is 937. The predicted molar refractivity (Wildman–Crippen MR) is 123 cm³/mol. The van der Waals surface area contributed by atoms with Gasteiger partial charge >= 0.3 is 0 Å². The van der Waals surface area contributed by atoms with Crippen molar-refractivity contribution < 1.29 is 9.59 Å². The Morgan fingerprint density at radius 3 is 2.30 bits per heavy atom. The first-order valence-electron chi connectivity index (χ1n) is 10.2. The Kier molecular flexibility index (Phi) is 6.08. The zero-order valence-corrected chi connectivity index (χ0v) is 18.1. The number of aliphatic imine (C=N–C) groups is 1. The minimum absolute atomic E-state index is 0.0579. The summed E-state index contributed by atoms with van der Waals surface area (Å²) in [7, 11) is 0. The van der Waals surface area contributed by atoms with Crippen LogP contribution in [0, 0.1) is 6.92 Å². The second-order valence-electron chi connectivity index (χ2n) is 7.57. The first-order chi connectivity index (χ1) is 14.5. The monoisotopic (exact) mass is 422 g/mol. The third-order valence-electron chi connectivity index (χ3n) is 5.43. The maximum Gasteiger partial charge on any atom is 0.254 e. The van der Waals surface area contributed by atoms with Crippen molar-refractivity contribution in [3.8, 4) is 0 Å². The number of carbonyl (C=O) groups is 2. The quantitative estimate of drug-likeness (QED) is 0.760. The summed E-state index contributed by atoms with van der Waals surface area (Å²) in [4.78, 5) is 35.7. The molecule has 7 heteroatoms. The summed E-state index contributed by atoms with van der Waals surface area (Å²) in [5.74, 6) is 0.0381. The number of para-hydroxylation sites is 1. The lowest BCUT2D eigenvalue weighted by molar-refractivity contribution is -0.130. The predicted octanol–water partition coefficient (Wildman–Crippen LogP) is 3.17. The fourth-order valence-corrected chi connectivity index (χ4v) is 4.73. The van der Waals surface area contributed by atoms with Crippen molar-refractivity contribution in [2.45, 2.75) is 19.1 Å². The number of amidine groups is 1. The summed E-state index contributed by atoms with van der Waals surface area (Å²) in [6, 6.07) is 18.1. The van der Waals surface area contributed by atoms with Crippen molar-refractivity contribution in [3.63, 3.8) is 0 Å². The molecule has 2 aromatic rings. The van der Waals surface area contributed by atoms with Crippen LogP contribution in [-0.2, 0) is 9.59 Å². The maximum atomic E-state index is 13.0. The Hall–Kier alpha value is -2.80. The number of thioether (sulfide) groups is 1. The second kappa shape index (κ2) is 8.92. The van der Waals surface area contributed by atoms with Gasteiger partial charge in [0.1, 0.15) is 6.54 Å². The van der Waals surface area contributed by atoms with Crippen molar-refractivity contribution in [3.05, 3.63) is 60.2 Å². The molecule has 2 heterocycles. The number of anilines is 2. The van der Waals surface area contributed by atoms with Crippen molar-refractivity contribution in [1.29, 1.82) is 0 Å². The third kappa shape index (κ3) is 4.36. The third-order valence-corrected chi connectivity index (χ3v) is 6.50. The van der Waals surface area contributed by atoms with Crippen LogP contribution in [-0.4, -0.2) is 59.9 Å². The molecule has 1 saturated heterocycles. The van der Waals surface area contributed by atoms with Gasteiger partial charge < -0.3 is 9.80 Å². The fourth-order valence-electron chi connectivity index (χ4n) is 3.71. The van der Waals surface area contributed by atoms with Crippen LogP contribution in [0.5, 0.6) is 0 Å². The van der Waals surface area contributed by atoms with Crippen molar-refractivity contribution in [2.75, 3.05) is 42.5 Å². The molecule has 156 valence electrons. The lowest BCUT2D eigenvalue weighted by atomic mass is 10.2. The number of rotatable bonds is 4. The van der Waals surface area contributed by atoms with E-state index in [9.17, 15) is 9.59 Å². The number of benzene rings is 2. The van der Waals surface area contributed by atoms with Crippen molar-refractivity contribution in [2.24, 2.45) is 4.99 Å². The SMILES string of the molecule is Cc1ccc(N2C(=O)CN=C2S[C@@H](C)C(=O)N2CCN(c3ccccc3)CC2)cc1. The van der Waals surface area contributed by atoms with Crippen LogP contribution < -0.4 is 9.80 Å². The summed E-state index contributed by atoms with van der Waals surface area (Å²) in [6.45, 7) is 7.08. The van der Waals surface area contributed by atoms with E-state index in [1.807, 2.05) is 61.2 Å². The highest BCUT2D eigenvalue weighted by Crippen LogP contribution is 2.27. The molecule has 0 aliphatic carbocycles. The van der Waals surface area contributed by atoms with Crippen molar-refractivity contribution >= 4 is 40.1 Å². The van der Waals surface area contributed by atoms with E-state index >= 15 is 0 Å². The van der Waals surface area contributed by atoms with E-state index in [1.165, 1.54) is 17.4 Å². The number of amides is 2. The number of piperazine rings is 1. The molecule has 2 aliphatic heterocycles. The standard InChI is InChI=1S/C23H26N4O2S/c1-17-8-10-20(11-9-17)27-21(28)16-24-23(27)30-18(2)22(29)26-14-12-25(13-15-26)19-6-4-3-5-7-19/h3-11,18H,12-16H2,1-2H3/t18-/m0/s1. The maximum absolute atomic E-state index is 13.0. The average molecular weight is 423 g/mol. The molecular formula is C23H26N4O2S. The molecule has 0 unspecified atom stereocenters. The van der Waals surface area contributed by atoms with Gasteiger partial charge in [0, 0.05) is 31.9 Å². The van der Waals surface area contributed by atoms with Gasteiger partial charge in [0.05, 0.1) is 10.9 Å². The minimum Gasteiger partial charge on any atom is -0.368 e. The van der Waals surface area contributed by atoms with Gasteiger partial charge in [-0.1, -0.05) is 47.7 Å². The van der Waals surface area contributed by atoms with E-state index in [4.69, 9.17) is 0 Å². The number of aryl methyl sites for hydroxylation is 1. The smallest absolute Gasteiger partial charge is 0.254 e. The highest BCUT2D eigenvalue weighted by molar-refractivity contribution is 8.15. The highest BCUT2D eigenvalue weighted by Gasteiger charge is 2.32. The van der Waals surface area contributed by atoms with E-state index in [-0.39, 0.29) is 23.6 Å². The van der Waals surface area contributed by atoms with Gasteiger partial charge in [-0.15, -0.1) is 0 Å². The zero-order chi connectivity index (χ0) is 21.1. The van der Waals surface area contributed by atoms with Crippen LogP contribution in [0.4, 0.5) is 11.4 Å². The van der Waals surface area contributed by atoms with E-state index in [0.717, 1.165) is 24.3 Å².